The Balaban J connectivity index is 1.90. The molecular formula is C17H17N3O4S. The van der Waals surface area contributed by atoms with Crippen molar-refractivity contribution in [1.82, 2.24) is 0 Å². The van der Waals surface area contributed by atoms with E-state index in [4.69, 9.17) is 0 Å². The fourth-order valence-electron chi connectivity index (χ4n) is 2.77. The van der Waals surface area contributed by atoms with Crippen molar-refractivity contribution in [3.63, 3.8) is 0 Å². The van der Waals surface area contributed by atoms with E-state index in [9.17, 15) is 18.5 Å². The molecule has 0 radical (unpaired) electrons. The van der Waals surface area contributed by atoms with Crippen molar-refractivity contribution < 1.29 is 13.3 Å². The monoisotopic (exact) mass is 359 g/mol. The maximum atomic E-state index is 11.8. The Kier molecular flexibility index (Phi) is 4.80. The van der Waals surface area contributed by atoms with Crippen molar-refractivity contribution in [1.29, 1.82) is 0 Å². The van der Waals surface area contributed by atoms with Crippen molar-refractivity contribution in [3.05, 3.63) is 70.3 Å². The Bertz CT molecular complexity index is 897. The average Bonchev–Trinajstić information content (AvgIpc) is 2.96. The summed E-state index contributed by atoms with van der Waals surface area (Å²) in [6.07, 6.45) is 2.02. The fourth-order valence-corrected chi connectivity index (χ4v) is 4.46. The highest BCUT2D eigenvalue weighted by molar-refractivity contribution is 7.91. The third kappa shape index (κ3) is 4.21. The lowest BCUT2D eigenvalue weighted by atomic mass is 10.2. The van der Waals surface area contributed by atoms with E-state index < -0.39 is 14.8 Å². The smallest absolute Gasteiger partial charge is 0.261 e. The lowest BCUT2D eigenvalue weighted by molar-refractivity contribution is -0.384. The molecule has 0 aromatic heterocycles. The second kappa shape index (κ2) is 7.02. The molecule has 25 heavy (non-hydrogen) atoms. The average molecular weight is 359 g/mol. The van der Waals surface area contributed by atoms with Crippen LogP contribution >= 0.6 is 0 Å². The van der Waals surface area contributed by atoms with Gasteiger partial charge < -0.3 is 0 Å². The zero-order chi connectivity index (χ0) is 17.9. The van der Waals surface area contributed by atoms with Crippen LogP contribution < -0.4 is 5.01 Å². The van der Waals surface area contributed by atoms with E-state index in [-0.39, 0.29) is 23.2 Å². The largest absolute Gasteiger partial charge is 0.270 e. The molecule has 1 aliphatic rings. The number of nitro benzene ring substituents is 1. The van der Waals surface area contributed by atoms with Crippen molar-refractivity contribution in [2.75, 3.05) is 16.5 Å². The molecule has 1 atom stereocenters. The summed E-state index contributed by atoms with van der Waals surface area (Å²) in [5, 5.41) is 17.0. The molecule has 0 aliphatic carbocycles. The molecule has 2 aromatic rings. The predicted molar refractivity (Wildman–Crippen MR) is 96.7 cm³/mol. The number of sulfone groups is 1. The molecule has 7 nitrogen and oxygen atoms in total. The van der Waals surface area contributed by atoms with Gasteiger partial charge in [0.05, 0.1) is 34.4 Å². The van der Waals surface area contributed by atoms with Gasteiger partial charge in [-0.25, -0.2) is 8.42 Å². The summed E-state index contributed by atoms with van der Waals surface area (Å²) in [7, 11) is -3.05. The second-order valence-corrected chi connectivity index (χ2v) is 8.06. The van der Waals surface area contributed by atoms with Gasteiger partial charge in [-0.15, -0.1) is 0 Å². The number of nitro groups is 1. The van der Waals surface area contributed by atoms with Crippen LogP contribution in [0.1, 0.15) is 12.0 Å². The first kappa shape index (κ1) is 17.1. The molecule has 0 amide bonds. The standard InChI is InChI=1S/C17H17N3O4S/c21-20(22)16-8-4-5-14(11-16)12-18-19(15-6-2-1-3-7-15)17-9-10-25(23,24)13-17/h1-8,11-12,17H,9-10,13H2/b18-12+. The predicted octanol–water partition coefficient (Wildman–Crippen LogP) is 2.62. The minimum atomic E-state index is -3.05. The molecule has 3 rings (SSSR count). The van der Waals surface area contributed by atoms with Gasteiger partial charge in [-0.3, -0.25) is 15.1 Å². The van der Waals surface area contributed by atoms with E-state index in [1.54, 1.807) is 17.1 Å². The van der Waals surface area contributed by atoms with Crippen LogP contribution in [0.25, 0.3) is 0 Å². The van der Waals surface area contributed by atoms with Crippen molar-refractivity contribution in [2.45, 2.75) is 12.5 Å². The number of nitrogens with zero attached hydrogens (tertiary/aromatic N) is 3. The molecule has 8 heteroatoms. The SMILES string of the molecule is O=[N+]([O-])c1cccc(/C=N/N(c2ccccc2)C2CCS(=O)(=O)C2)c1. The van der Waals surface area contributed by atoms with E-state index in [1.165, 1.54) is 18.3 Å². The van der Waals surface area contributed by atoms with Crippen LogP contribution in [0, 0.1) is 10.1 Å². The van der Waals surface area contributed by atoms with Crippen LogP contribution in [0.3, 0.4) is 0 Å². The third-order valence-corrected chi connectivity index (χ3v) is 5.74. The Morgan fingerprint density at radius 1 is 1.16 bits per heavy atom. The summed E-state index contributed by atoms with van der Waals surface area (Å²) >= 11 is 0. The van der Waals surface area contributed by atoms with Crippen molar-refractivity contribution in [3.8, 4) is 0 Å². The van der Waals surface area contributed by atoms with Gasteiger partial charge in [0.1, 0.15) is 0 Å². The number of benzene rings is 2. The van der Waals surface area contributed by atoms with Crippen LogP contribution in [0.15, 0.2) is 59.7 Å². The second-order valence-electron chi connectivity index (χ2n) is 5.83. The van der Waals surface area contributed by atoms with Crippen LogP contribution in [0.4, 0.5) is 11.4 Å². The summed E-state index contributed by atoms with van der Waals surface area (Å²) in [5.74, 6) is 0.196. The summed E-state index contributed by atoms with van der Waals surface area (Å²) in [6, 6.07) is 15.2. The Hall–Kier alpha value is -2.74. The van der Waals surface area contributed by atoms with E-state index >= 15 is 0 Å². The minimum absolute atomic E-state index is 0.0151. The zero-order valence-corrected chi connectivity index (χ0v) is 14.2. The van der Waals surface area contributed by atoms with Gasteiger partial charge in [-0.1, -0.05) is 30.3 Å². The maximum absolute atomic E-state index is 11.8. The Morgan fingerprint density at radius 2 is 1.92 bits per heavy atom. The molecule has 1 unspecified atom stereocenters. The van der Waals surface area contributed by atoms with Gasteiger partial charge in [0.25, 0.3) is 5.69 Å². The first-order valence-corrected chi connectivity index (χ1v) is 9.60. The van der Waals surface area contributed by atoms with Crippen molar-refractivity contribution in [2.24, 2.45) is 5.10 Å². The highest BCUT2D eigenvalue weighted by Crippen LogP contribution is 2.24. The quantitative estimate of drug-likeness (QED) is 0.465. The lowest BCUT2D eigenvalue weighted by Gasteiger charge is -2.25. The number of rotatable bonds is 5. The Labute approximate surface area is 145 Å². The topological polar surface area (TPSA) is 92.9 Å². The molecular weight excluding hydrogens is 342 g/mol. The third-order valence-electron chi connectivity index (χ3n) is 3.99. The van der Waals surface area contributed by atoms with E-state index in [1.807, 2.05) is 30.3 Å². The van der Waals surface area contributed by atoms with Crippen LogP contribution in [0.2, 0.25) is 0 Å². The molecule has 0 bridgehead atoms. The highest BCUT2D eigenvalue weighted by Gasteiger charge is 2.32. The van der Waals surface area contributed by atoms with Gasteiger partial charge in [0, 0.05) is 17.7 Å². The van der Waals surface area contributed by atoms with Gasteiger partial charge in [-0.2, -0.15) is 5.10 Å². The fraction of sp³-hybridized carbons (Fsp3) is 0.235. The molecule has 130 valence electrons. The zero-order valence-electron chi connectivity index (χ0n) is 13.4. The maximum Gasteiger partial charge on any atom is 0.270 e. The number of anilines is 1. The normalized spacial score (nSPS) is 19.1. The minimum Gasteiger partial charge on any atom is -0.261 e. The summed E-state index contributed by atoms with van der Waals surface area (Å²) in [6.45, 7) is 0. The number of hydrogen-bond donors (Lipinski definition) is 0. The molecule has 0 spiro atoms. The molecule has 0 N–H and O–H groups in total. The molecule has 1 aliphatic heterocycles. The van der Waals surface area contributed by atoms with E-state index in [0.29, 0.717) is 12.0 Å². The first-order chi connectivity index (χ1) is 11.9. The van der Waals surface area contributed by atoms with Crippen LogP contribution in [-0.4, -0.2) is 37.1 Å². The van der Waals surface area contributed by atoms with Crippen LogP contribution in [0.5, 0.6) is 0 Å². The van der Waals surface area contributed by atoms with Crippen molar-refractivity contribution >= 4 is 27.4 Å². The van der Waals surface area contributed by atoms with Gasteiger partial charge in [0.15, 0.2) is 9.84 Å². The number of non-ortho nitro benzene ring substituents is 1. The lowest BCUT2D eigenvalue weighted by Crippen LogP contribution is -2.31. The molecule has 0 saturated carbocycles. The summed E-state index contributed by atoms with van der Waals surface area (Å²) in [4.78, 5) is 10.4. The Morgan fingerprint density at radius 3 is 2.56 bits per heavy atom. The van der Waals surface area contributed by atoms with E-state index in [2.05, 4.69) is 5.10 Å². The highest BCUT2D eigenvalue weighted by atomic mass is 32.2. The van der Waals surface area contributed by atoms with Gasteiger partial charge in [0.2, 0.25) is 0 Å². The first-order valence-electron chi connectivity index (χ1n) is 7.78. The number of hydrazone groups is 1. The summed E-state index contributed by atoms with van der Waals surface area (Å²) in [5.41, 5.74) is 1.35. The van der Waals surface area contributed by atoms with Crippen LogP contribution in [-0.2, 0) is 9.84 Å². The molecule has 2 aromatic carbocycles. The molecule has 1 heterocycles. The summed E-state index contributed by atoms with van der Waals surface area (Å²) < 4.78 is 23.6. The molecule has 1 saturated heterocycles. The number of para-hydroxylation sites is 1. The number of hydrogen-bond acceptors (Lipinski definition) is 6. The molecule has 1 fully saturated rings. The van der Waals surface area contributed by atoms with Gasteiger partial charge >= 0.3 is 0 Å². The van der Waals surface area contributed by atoms with Gasteiger partial charge in [-0.05, 0) is 18.6 Å². The van der Waals surface area contributed by atoms with E-state index in [0.717, 1.165) is 5.69 Å².